The van der Waals surface area contributed by atoms with Crippen molar-refractivity contribution in [3.8, 4) is 5.75 Å². The molecule has 0 aliphatic heterocycles. The van der Waals surface area contributed by atoms with Crippen molar-refractivity contribution in [2.24, 2.45) is 5.10 Å². The number of hydrogen-bond donors (Lipinski definition) is 3. The predicted molar refractivity (Wildman–Crippen MR) is 133 cm³/mol. The van der Waals surface area contributed by atoms with Gasteiger partial charge in [0.2, 0.25) is 0 Å². The molecule has 34 heavy (non-hydrogen) atoms. The van der Waals surface area contributed by atoms with Gasteiger partial charge in [0.1, 0.15) is 5.75 Å². The lowest BCUT2D eigenvalue weighted by molar-refractivity contribution is -0.136. The molecule has 3 rings (SSSR count). The lowest BCUT2D eigenvalue weighted by Crippen LogP contribution is -2.32. The van der Waals surface area contributed by atoms with Gasteiger partial charge in [0, 0.05) is 4.47 Å². The lowest BCUT2D eigenvalue weighted by Gasteiger charge is -2.14. The largest absolute Gasteiger partial charge is 0.484 e. The first kappa shape index (κ1) is 24.7. The number of hydrazone groups is 1. The topological polar surface area (TPSA) is 109 Å². The molecule has 3 aromatic carbocycles. The Labute approximate surface area is 205 Å². The van der Waals surface area contributed by atoms with Gasteiger partial charge in [-0.25, -0.2) is 5.43 Å². The molecule has 8 nitrogen and oxygen atoms in total. The first-order chi connectivity index (χ1) is 16.4. The summed E-state index contributed by atoms with van der Waals surface area (Å²) in [6.45, 7) is 1.79. The van der Waals surface area contributed by atoms with Gasteiger partial charge >= 0.3 is 11.8 Å². The highest BCUT2D eigenvalue weighted by Crippen LogP contribution is 2.20. The minimum absolute atomic E-state index is 0.118. The van der Waals surface area contributed by atoms with Gasteiger partial charge in [-0.15, -0.1) is 0 Å². The number of ether oxygens (including phenoxy) is 1. The van der Waals surface area contributed by atoms with Crippen LogP contribution in [0.4, 0.5) is 5.69 Å². The second-order valence-electron chi connectivity index (χ2n) is 7.19. The third kappa shape index (κ3) is 7.56. The van der Waals surface area contributed by atoms with E-state index in [2.05, 4.69) is 37.1 Å². The number of nitrogens with zero attached hydrogens (tertiary/aromatic N) is 1. The average molecular weight is 523 g/mol. The molecule has 3 amide bonds. The molecule has 0 heterocycles. The Kier molecular flexibility index (Phi) is 8.93. The van der Waals surface area contributed by atoms with Crippen molar-refractivity contribution >= 4 is 45.6 Å². The van der Waals surface area contributed by atoms with Crippen molar-refractivity contribution in [1.29, 1.82) is 0 Å². The standard InChI is InChI=1S/C25H23BrN4O4/c1-17(19-7-3-2-4-8-19)28-23(31)16-34-20-13-11-18(12-14-20)15-27-30-25(33)24(32)29-22-10-6-5-9-21(22)26/h2-15,17H,16H2,1H3,(H,28,31)(H,29,32)(H,30,33)/b27-15-/t17-/m0/s1. The molecule has 9 heteroatoms. The summed E-state index contributed by atoms with van der Waals surface area (Å²) in [6, 6.07) is 23.2. The Morgan fingerprint density at radius 1 is 0.941 bits per heavy atom. The van der Waals surface area contributed by atoms with E-state index in [-0.39, 0.29) is 18.6 Å². The van der Waals surface area contributed by atoms with Crippen molar-refractivity contribution < 1.29 is 19.1 Å². The molecule has 3 N–H and O–H groups in total. The highest BCUT2D eigenvalue weighted by molar-refractivity contribution is 9.10. The summed E-state index contributed by atoms with van der Waals surface area (Å²) in [6.07, 6.45) is 1.39. The number of carbonyl (C=O) groups is 3. The molecule has 0 aromatic heterocycles. The molecule has 0 fully saturated rings. The number of carbonyl (C=O) groups excluding carboxylic acids is 3. The van der Waals surface area contributed by atoms with Gasteiger partial charge in [-0.2, -0.15) is 5.10 Å². The molecule has 0 saturated heterocycles. The van der Waals surface area contributed by atoms with E-state index in [1.165, 1.54) is 6.21 Å². The van der Waals surface area contributed by atoms with Gasteiger partial charge < -0.3 is 15.4 Å². The summed E-state index contributed by atoms with van der Waals surface area (Å²) in [5.41, 5.74) is 4.33. The lowest BCUT2D eigenvalue weighted by atomic mass is 10.1. The van der Waals surface area contributed by atoms with Crippen molar-refractivity contribution in [1.82, 2.24) is 10.7 Å². The van der Waals surface area contributed by atoms with Gasteiger partial charge in [-0.3, -0.25) is 14.4 Å². The third-order valence-corrected chi connectivity index (χ3v) is 5.33. The van der Waals surface area contributed by atoms with Crippen LogP contribution in [0.5, 0.6) is 5.75 Å². The Hall–Kier alpha value is -3.98. The maximum Gasteiger partial charge on any atom is 0.329 e. The molecular weight excluding hydrogens is 500 g/mol. The van der Waals surface area contributed by atoms with E-state index < -0.39 is 11.8 Å². The van der Waals surface area contributed by atoms with Crippen LogP contribution in [0.25, 0.3) is 0 Å². The third-order valence-electron chi connectivity index (χ3n) is 4.64. The summed E-state index contributed by atoms with van der Waals surface area (Å²) in [5, 5.41) is 9.16. The molecule has 0 radical (unpaired) electrons. The van der Waals surface area contributed by atoms with Gasteiger partial charge in [-0.05, 0) is 70.4 Å². The van der Waals surface area contributed by atoms with E-state index in [4.69, 9.17) is 4.74 Å². The number of anilines is 1. The predicted octanol–water partition coefficient (Wildman–Crippen LogP) is 3.79. The summed E-state index contributed by atoms with van der Waals surface area (Å²) in [5.74, 6) is -1.46. The number of benzene rings is 3. The van der Waals surface area contributed by atoms with E-state index in [1.54, 1.807) is 48.5 Å². The Morgan fingerprint density at radius 3 is 2.32 bits per heavy atom. The number of nitrogens with one attached hydrogen (secondary N) is 3. The molecule has 3 aromatic rings. The van der Waals surface area contributed by atoms with E-state index in [0.29, 0.717) is 21.5 Å². The highest BCUT2D eigenvalue weighted by Gasteiger charge is 2.14. The van der Waals surface area contributed by atoms with Crippen LogP contribution < -0.4 is 20.8 Å². The average Bonchev–Trinajstić information content (AvgIpc) is 2.85. The zero-order chi connectivity index (χ0) is 24.3. The van der Waals surface area contributed by atoms with E-state index in [0.717, 1.165) is 5.56 Å². The molecule has 0 aliphatic carbocycles. The molecule has 1 atom stereocenters. The van der Waals surface area contributed by atoms with Gasteiger partial charge in [0.05, 0.1) is 17.9 Å². The Bertz CT molecular complexity index is 1170. The maximum absolute atomic E-state index is 12.1. The Morgan fingerprint density at radius 2 is 1.62 bits per heavy atom. The van der Waals surface area contributed by atoms with Crippen LogP contribution in [-0.4, -0.2) is 30.5 Å². The minimum Gasteiger partial charge on any atom is -0.484 e. The quantitative estimate of drug-likeness (QED) is 0.237. The van der Waals surface area contributed by atoms with Crippen LogP contribution in [0, 0.1) is 0 Å². The number of amides is 3. The van der Waals surface area contributed by atoms with Crippen LogP contribution in [0.15, 0.2) is 88.4 Å². The zero-order valence-corrected chi connectivity index (χ0v) is 19.9. The van der Waals surface area contributed by atoms with E-state index in [9.17, 15) is 14.4 Å². The van der Waals surface area contributed by atoms with E-state index in [1.807, 2.05) is 37.3 Å². The Balaban J connectivity index is 1.42. The number of hydrogen-bond acceptors (Lipinski definition) is 5. The normalized spacial score (nSPS) is 11.5. The summed E-state index contributed by atoms with van der Waals surface area (Å²) >= 11 is 3.29. The molecule has 0 unspecified atom stereocenters. The van der Waals surface area contributed by atoms with Crippen LogP contribution in [-0.2, 0) is 14.4 Å². The molecular formula is C25H23BrN4O4. The monoisotopic (exact) mass is 522 g/mol. The van der Waals surface area contributed by atoms with Crippen molar-refractivity contribution in [3.63, 3.8) is 0 Å². The summed E-state index contributed by atoms with van der Waals surface area (Å²) in [4.78, 5) is 36.0. The number of rotatable bonds is 8. The van der Waals surface area contributed by atoms with Crippen molar-refractivity contribution in [2.45, 2.75) is 13.0 Å². The van der Waals surface area contributed by atoms with Gasteiger partial charge in [-0.1, -0.05) is 42.5 Å². The maximum atomic E-state index is 12.1. The van der Waals surface area contributed by atoms with Crippen molar-refractivity contribution in [2.75, 3.05) is 11.9 Å². The molecule has 0 saturated carbocycles. The van der Waals surface area contributed by atoms with E-state index >= 15 is 0 Å². The fourth-order valence-electron chi connectivity index (χ4n) is 2.87. The second-order valence-corrected chi connectivity index (χ2v) is 8.05. The molecule has 0 bridgehead atoms. The second kappa shape index (κ2) is 12.3. The summed E-state index contributed by atoms with van der Waals surface area (Å²) < 4.78 is 6.17. The highest BCUT2D eigenvalue weighted by atomic mass is 79.9. The van der Waals surface area contributed by atoms with Crippen molar-refractivity contribution in [3.05, 3.63) is 94.5 Å². The van der Waals surface area contributed by atoms with Gasteiger partial charge in [0.15, 0.2) is 6.61 Å². The number of para-hydroxylation sites is 1. The fraction of sp³-hybridized carbons (Fsp3) is 0.120. The molecule has 0 aliphatic rings. The first-order valence-corrected chi connectivity index (χ1v) is 11.2. The fourth-order valence-corrected chi connectivity index (χ4v) is 3.25. The summed E-state index contributed by atoms with van der Waals surface area (Å²) in [7, 11) is 0. The minimum atomic E-state index is -0.900. The first-order valence-electron chi connectivity index (χ1n) is 10.4. The SMILES string of the molecule is C[C@H](NC(=O)COc1ccc(/C=N\NC(=O)C(=O)Nc2ccccc2Br)cc1)c1ccccc1. The van der Waals surface area contributed by atoms with Crippen LogP contribution >= 0.6 is 15.9 Å². The smallest absolute Gasteiger partial charge is 0.329 e. The van der Waals surface area contributed by atoms with Crippen LogP contribution in [0.1, 0.15) is 24.1 Å². The molecule has 0 spiro atoms. The van der Waals surface area contributed by atoms with Crippen LogP contribution in [0.2, 0.25) is 0 Å². The number of halogens is 1. The zero-order valence-electron chi connectivity index (χ0n) is 18.3. The molecule has 174 valence electrons. The van der Waals surface area contributed by atoms with Crippen LogP contribution in [0.3, 0.4) is 0 Å². The van der Waals surface area contributed by atoms with Gasteiger partial charge in [0.25, 0.3) is 5.91 Å².